The number of hydrogen-bond donors (Lipinski definition) is 0. The van der Waals surface area contributed by atoms with Crippen molar-refractivity contribution in [3.63, 3.8) is 0 Å². The number of carbonyl (C=O) groups excluding carboxylic acids is 1. The van der Waals surface area contributed by atoms with Crippen molar-refractivity contribution in [1.82, 2.24) is 14.9 Å². The third kappa shape index (κ3) is 4.48. The van der Waals surface area contributed by atoms with E-state index in [1.165, 1.54) is 19.4 Å². The second-order valence-electron chi connectivity index (χ2n) is 7.89. The highest BCUT2D eigenvalue weighted by molar-refractivity contribution is 5.78. The van der Waals surface area contributed by atoms with E-state index < -0.39 is 19.1 Å². The van der Waals surface area contributed by atoms with Crippen LogP contribution in [0.3, 0.4) is 0 Å². The van der Waals surface area contributed by atoms with Crippen LogP contribution in [-0.2, 0) is 15.5 Å². The Labute approximate surface area is 184 Å². The van der Waals surface area contributed by atoms with Crippen LogP contribution in [0.5, 0.6) is 5.88 Å². The number of piperazine rings is 1. The highest BCUT2D eigenvalue weighted by Crippen LogP contribution is 2.34. The molecule has 2 aliphatic heterocycles. The van der Waals surface area contributed by atoms with Gasteiger partial charge in [-0.3, -0.25) is 4.79 Å². The number of methoxy groups -OCH3 is 1. The van der Waals surface area contributed by atoms with E-state index >= 15 is 0 Å². The number of pyridine rings is 2. The smallest absolute Gasteiger partial charge is 0.296 e. The Kier molecular flexibility index (Phi) is 6.19. The van der Waals surface area contributed by atoms with Crippen molar-refractivity contribution < 1.29 is 23.0 Å². The van der Waals surface area contributed by atoms with Gasteiger partial charge in [0.1, 0.15) is 25.1 Å². The lowest BCUT2D eigenvalue weighted by Gasteiger charge is -2.41. The zero-order chi connectivity index (χ0) is 22.7. The van der Waals surface area contributed by atoms with E-state index in [2.05, 4.69) is 20.9 Å². The summed E-state index contributed by atoms with van der Waals surface area (Å²) in [6.07, 6.45) is 4.61. The van der Waals surface area contributed by atoms with E-state index in [1.807, 2.05) is 6.07 Å². The number of nitrogens with zero attached hydrogens (tertiary/aromatic N) is 5. The molecule has 0 radical (unpaired) electrons. The summed E-state index contributed by atoms with van der Waals surface area (Å²) in [7, 11) is 1.35. The minimum absolute atomic E-state index is 0.0864. The maximum absolute atomic E-state index is 14.4. The van der Waals surface area contributed by atoms with Crippen molar-refractivity contribution in [2.75, 3.05) is 38.3 Å². The molecule has 2 saturated heterocycles. The van der Waals surface area contributed by atoms with Gasteiger partial charge in [0.25, 0.3) is 5.92 Å². The minimum Gasteiger partial charge on any atom is -0.481 e. The average molecular weight is 443 g/mol. The molecule has 8 nitrogen and oxygen atoms in total. The van der Waals surface area contributed by atoms with Crippen LogP contribution in [0.2, 0.25) is 0 Å². The number of anilines is 1. The third-order valence-electron chi connectivity index (χ3n) is 5.85. The van der Waals surface area contributed by atoms with E-state index in [1.54, 1.807) is 17.2 Å². The molecule has 10 heteroatoms. The molecule has 2 bridgehead atoms. The fourth-order valence-corrected chi connectivity index (χ4v) is 4.28. The van der Waals surface area contributed by atoms with Crippen molar-refractivity contribution in [1.29, 1.82) is 5.26 Å². The molecule has 32 heavy (non-hydrogen) atoms. The van der Waals surface area contributed by atoms with Gasteiger partial charge in [-0.1, -0.05) is 0 Å². The van der Waals surface area contributed by atoms with Gasteiger partial charge in [0, 0.05) is 49.2 Å². The van der Waals surface area contributed by atoms with Crippen LogP contribution in [0.1, 0.15) is 24.0 Å². The molecule has 2 atom stereocenters. The summed E-state index contributed by atoms with van der Waals surface area (Å²) in [6.45, 7) is -0.350. The molecule has 2 aromatic rings. The Bertz CT molecular complexity index is 997. The summed E-state index contributed by atoms with van der Waals surface area (Å²) >= 11 is 0. The Morgan fingerprint density at radius 1 is 1.25 bits per heavy atom. The second kappa shape index (κ2) is 9.04. The normalized spacial score (nSPS) is 20.2. The number of aromatic nitrogens is 2. The molecule has 0 aromatic carbocycles. The summed E-state index contributed by atoms with van der Waals surface area (Å²) in [6, 6.07) is 8.15. The number of fused-ring (bicyclic) bond motifs is 2. The number of nitriles is 1. The number of halogens is 2. The Hall–Kier alpha value is -3.32. The lowest BCUT2D eigenvalue weighted by molar-refractivity contribution is -0.142. The molecule has 4 heterocycles. The third-order valence-corrected chi connectivity index (χ3v) is 5.85. The molecule has 2 aliphatic rings. The van der Waals surface area contributed by atoms with E-state index in [0.717, 1.165) is 24.7 Å². The molecule has 0 aliphatic carbocycles. The summed E-state index contributed by atoms with van der Waals surface area (Å²) in [5.74, 6) is -2.71. The van der Waals surface area contributed by atoms with Gasteiger partial charge in [-0.2, -0.15) is 14.0 Å². The topological polar surface area (TPSA) is 91.6 Å². The maximum atomic E-state index is 14.4. The summed E-state index contributed by atoms with van der Waals surface area (Å²) in [4.78, 5) is 24.7. The quantitative estimate of drug-likeness (QED) is 0.649. The fraction of sp³-hybridized carbons (Fsp3) is 0.455. The zero-order valence-corrected chi connectivity index (χ0v) is 17.6. The highest BCUT2D eigenvalue weighted by Gasteiger charge is 2.42. The molecule has 0 spiro atoms. The van der Waals surface area contributed by atoms with Gasteiger partial charge in [-0.15, -0.1) is 0 Å². The van der Waals surface area contributed by atoms with E-state index in [9.17, 15) is 13.6 Å². The predicted molar refractivity (Wildman–Crippen MR) is 110 cm³/mol. The van der Waals surface area contributed by atoms with Crippen molar-refractivity contribution in [3.8, 4) is 11.9 Å². The largest absolute Gasteiger partial charge is 0.481 e. The number of carbonyl (C=O) groups is 1. The van der Waals surface area contributed by atoms with Gasteiger partial charge < -0.3 is 19.3 Å². The molecule has 0 N–H and O–H groups in total. The molecule has 2 unspecified atom stereocenters. The number of ether oxygens (including phenoxy) is 2. The second-order valence-corrected chi connectivity index (χ2v) is 7.89. The number of alkyl halides is 2. The molecule has 4 rings (SSSR count). The van der Waals surface area contributed by atoms with E-state index in [0.29, 0.717) is 18.7 Å². The van der Waals surface area contributed by atoms with Crippen molar-refractivity contribution >= 4 is 11.7 Å². The Morgan fingerprint density at radius 2 is 2.00 bits per heavy atom. The highest BCUT2D eigenvalue weighted by atomic mass is 19.3. The lowest BCUT2D eigenvalue weighted by atomic mass is 10.1. The molecule has 2 fully saturated rings. The first-order valence-corrected chi connectivity index (χ1v) is 10.3. The van der Waals surface area contributed by atoms with Crippen molar-refractivity contribution in [2.24, 2.45) is 0 Å². The Balaban J connectivity index is 1.32. The number of likely N-dealkylation sites (tertiary alicyclic amines) is 1. The SMILES string of the molecule is COc1cc(C(F)(F)COCC(=O)N2CC3CCC(C2)N3c2ccc(C#N)cn2)ccn1. The fourth-order valence-electron chi connectivity index (χ4n) is 4.28. The first-order valence-electron chi connectivity index (χ1n) is 10.3. The number of hydrogen-bond acceptors (Lipinski definition) is 7. The van der Waals surface area contributed by atoms with Gasteiger partial charge in [-0.25, -0.2) is 9.97 Å². The first kappa shape index (κ1) is 21.9. The van der Waals surface area contributed by atoms with Gasteiger partial charge in [-0.05, 0) is 31.0 Å². The zero-order valence-electron chi connectivity index (χ0n) is 17.6. The number of amides is 1. The summed E-state index contributed by atoms with van der Waals surface area (Å²) in [5, 5.41) is 8.95. The molecule has 168 valence electrons. The van der Waals surface area contributed by atoms with Crippen molar-refractivity contribution in [3.05, 3.63) is 47.8 Å². The molecular formula is C22H23F2N5O3. The molecular weight excluding hydrogens is 420 g/mol. The van der Waals surface area contributed by atoms with Crippen LogP contribution in [0.25, 0.3) is 0 Å². The maximum Gasteiger partial charge on any atom is 0.296 e. The minimum atomic E-state index is -3.27. The predicted octanol–water partition coefficient (Wildman–Crippen LogP) is 2.35. The summed E-state index contributed by atoms with van der Waals surface area (Å²) in [5.41, 5.74) is 0.215. The Morgan fingerprint density at radius 3 is 2.62 bits per heavy atom. The van der Waals surface area contributed by atoms with Crippen LogP contribution in [-0.4, -0.2) is 66.3 Å². The van der Waals surface area contributed by atoms with Crippen LogP contribution < -0.4 is 9.64 Å². The van der Waals surface area contributed by atoms with Gasteiger partial charge >= 0.3 is 0 Å². The lowest BCUT2D eigenvalue weighted by Crippen LogP contribution is -2.56. The van der Waals surface area contributed by atoms with Crippen LogP contribution in [0, 0.1) is 11.3 Å². The standard InChI is InChI=1S/C22H23F2N5O3/c1-31-20-8-16(6-7-26-20)22(23,24)14-32-13-21(30)28-11-17-3-4-18(12-28)29(17)19-5-2-15(9-25)10-27-19/h2,5-8,10,17-18H,3-4,11-14H2,1H3. The van der Waals surface area contributed by atoms with Crippen LogP contribution in [0.15, 0.2) is 36.7 Å². The molecule has 0 saturated carbocycles. The van der Waals surface area contributed by atoms with Gasteiger partial charge in [0.05, 0.1) is 12.7 Å². The number of rotatable bonds is 7. The summed E-state index contributed by atoms with van der Waals surface area (Å²) < 4.78 is 38.8. The monoisotopic (exact) mass is 443 g/mol. The van der Waals surface area contributed by atoms with E-state index in [4.69, 9.17) is 14.7 Å². The van der Waals surface area contributed by atoms with Gasteiger partial charge in [0.15, 0.2) is 0 Å². The van der Waals surface area contributed by atoms with E-state index in [-0.39, 0.29) is 29.4 Å². The van der Waals surface area contributed by atoms with Crippen LogP contribution in [0.4, 0.5) is 14.6 Å². The van der Waals surface area contributed by atoms with Crippen LogP contribution >= 0.6 is 0 Å². The first-order chi connectivity index (χ1) is 15.4. The average Bonchev–Trinajstić information content (AvgIpc) is 3.07. The molecule has 1 amide bonds. The molecule has 2 aromatic heterocycles. The van der Waals surface area contributed by atoms with Crippen molar-refractivity contribution in [2.45, 2.75) is 30.8 Å². The van der Waals surface area contributed by atoms with Gasteiger partial charge in [0.2, 0.25) is 11.8 Å².